The van der Waals surface area contributed by atoms with E-state index in [1.54, 1.807) is 42.5 Å². The lowest BCUT2D eigenvalue weighted by Gasteiger charge is -2.07. The van der Waals surface area contributed by atoms with Crippen molar-refractivity contribution in [1.82, 2.24) is 9.69 Å². The summed E-state index contributed by atoms with van der Waals surface area (Å²) in [5.41, 5.74) is 8.38. The van der Waals surface area contributed by atoms with Gasteiger partial charge in [-0.05, 0) is 66.5 Å². The number of nitrogens with two attached hydrogens (primary N) is 1. The lowest BCUT2D eigenvalue weighted by Crippen LogP contribution is -2.37. The van der Waals surface area contributed by atoms with E-state index in [1.807, 2.05) is 6.92 Å². The minimum Gasteiger partial charge on any atom is -0.386 e. The quantitative estimate of drug-likeness (QED) is 0.397. The summed E-state index contributed by atoms with van der Waals surface area (Å²) in [7, 11) is 0. The van der Waals surface area contributed by atoms with Gasteiger partial charge in [-0.1, -0.05) is 23.2 Å². The predicted molar refractivity (Wildman–Crippen MR) is 118 cm³/mol. The molecule has 0 spiro atoms. The first-order valence-corrected chi connectivity index (χ1v) is 10.1. The van der Waals surface area contributed by atoms with Crippen LogP contribution in [0.15, 0.2) is 47.5 Å². The average molecular weight is 470 g/mol. The average Bonchev–Trinajstić information content (AvgIpc) is 3.07. The summed E-state index contributed by atoms with van der Waals surface area (Å²) < 4.78 is 9.02. The maximum atomic E-state index is 12.8. The number of amides is 1. The van der Waals surface area contributed by atoms with Gasteiger partial charge in [0.25, 0.3) is 5.91 Å². The molecule has 3 N–H and O–H groups in total. The molecule has 0 bridgehead atoms. The third kappa shape index (κ3) is 5.39. The SMILES string of the molecule is Cc1snc(-c2ccc(OCl)cc2)c1C(=O)NC(N)=NCc1cc(Cl)cc(Cl)c1. The van der Waals surface area contributed by atoms with E-state index in [9.17, 15) is 4.79 Å². The number of rotatable bonds is 5. The van der Waals surface area contributed by atoms with Crippen molar-refractivity contribution >= 4 is 58.5 Å². The zero-order valence-corrected chi connectivity index (χ0v) is 18.2. The van der Waals surface area contributed by atoms with Gasteiger partial charge >= 0.3 is 0 Å². The van der Waals surface area contributed by atoms with Gasteiger partial charge in [-0.25, -0.2) is 4.99 Å². The van der Waals surface area contributed by atoms with Crippen molar-refractivity contribution < 1.29 is 9.08 Å². The molecule has 3 aromatic rings. The van der Waals surface area contributed by atoms with E-state index in [1.165, 1.54) is 11.5 Å². The third-order valence-corrected chi connectivity index (χ3v) is 5.27. The Bertz CT molecular complexity index is 1050. The van der Waals surface area contributed by atoms with E-state index >= 15 is 0 Å². The van der Waals surface area contributed by atoms with E-state index in [-0.39, 0.29) is 12.5 Å². The number of hydrogen-bond acceptors (Lipinski definition) is 5. The fourth-order valence-electron chi connectivity index (χ4n) is 2.60. The third-order valence-electron chi connectivity index (χ3n) is 3.90. The molecule has 1 heterocycles. The van der Waals surface area contributed by atoms with E-state index in [0.717, 1.165) is 16.0 Å². The van der Waals surface area contributed by atoms with Gasteiger partial charge in [0.2, 0.25) is 0 Å². The van der Waals surface area contributed by atoms with Crippen molar-refractivity contribution in [2.75, 3.05) is 0 Å². The van der Waals surface area contributed by atoms with Crippen molar-refractivity contribution in [3.63, 3.8) is 0 Å². The van der Waals surface area contributed by atoms with Crippen LogP contribution in [0.1, 0.15) is 20.8 Å². The smallest absolute Gasteiger partial charge is 0.261 e. The highest BCUT2D eigenvalue weighted by Gasteiger charge is 2.20. The number of aromatic nitrogens is 1. The van der Waals surface area contributed by atoms with Crippen molar-refractivity contribution in [1.29, 1.82) is 0 Å². The summed E-state index contributed by atoms with van der Waals surface area (Å²) in [6.07, 6.45) is 0. The molecule has 0 aliphatic rings. The van der Waals surface area contributed by atoms with E-state index < -0.39 is 5.91 Å². The Morgan fingerprint density at radius 2 is 1.86 bits per heavy atom. The van der Waals surface area contributed by atoms with Gasteiger partial charge in [0.15, 0.2) is 5.96 Å². The number of carbonyl (C=O) groups is 1. The fourth-order valence-corrected chi connectivity index (χ4v) is 3.98. The summed E-state index contributed by atoms with van der Waals surface area (Å²) in [4.78, 5) is 17.7. The molecule has 0 atom stereocenters. The zero-order valence-electron chi connectivity index (χ0n) is 15.1. The lowest BCUT2D eigenvalue weighted by molar-refractivity contribution is 0.0977. The van der Waals surface area contributed by atoms with Crippen LogP contribution in [0.5, 0.6) is 5.75 Å². The second-order valence-corrected chi connectivity index (χ2v) is 8.00. The molecule has 0 radical (unpaired) electrons. The van der Waals surface area contributed by atoms with Gasteiger partial charge in [0.05, 0.1) is 17.8 Å². The number of carbonyl (C=O) groups excluding carboxylic acids is 1. The molecule has 0 fully saturated rings. The normalized spacial score (nSPS) is 11.4. The highest BCUT2D eigenvalue weighted by atomic mass is 35.5. The van der Waals surface area contributed by atoms with Gasteiger partial charge in [-0.3, -0.25) is 10.1 Å². The van der Waals surface area contributed by atoms with E-state index in [4.69, 9.17) is 40.8 Å². The lowest BCUT2D eigenvalue weighted by atomic mass is 10.1. The maximum absolute atomic E-state index is 12.8. The maximum Gasteiger partial charge on any atom is 0.261 e. The molecule has 0 unspecified atom stereocenters. The van der Waals surface area contributed by atoms with Crippen LogP contribution >= 0.6 is 46.6 Å². The van der Waals surface area contributed by atoms with Gasteiger partial charge in [0.1, 0.15) is 17.6 Å². The summed E-state index contributed by atoms with van der Waals surface area (Å²) in [6, 6.07) is 12.0. The van der Waals surface area contributed by atoms with Crippen LogP contribution < -0.4 is 15.3 Å². The monoisotopic (exact) mass is 468 g/mol. The number of aryl methyl sites for hydroxylation is 1. The first-order chi connectivity index (χ1) is 13.9. The van der Waals surface area contributed by atoms with Crippen LogP contribution in [0.3, 0.4) is 0 Å². The van der Waals surface area contributed by atoms with Crippen LogP contribution in [0, 0.1) is 6.92 Å². The van der Waals surface area contributed by atoms with E-state index in [0.29, 0.717) is 27.1 Å². The molecule has 0 saturated carbocycles. The van der Waals surface area contributed by atoms with Crippen molar-refractivity contribution in [2.24, 2.45) is 10.7 Å². The van der Waals surface area contributed by atoms with Crippen LogP contribution in [0.25, 0.3) is 11.3 Å². The standard InChI is InChI=1S/C19H15Cl3N4O2S/c1-10-16(17(26-29-10)12-2-4-15(28-22)5-3-12)18(27)25-19(23)24-9-11-6-13(20)8-14(21)7-11/h2-8H,9H2,1H3,(H3,23,24,25,27). The van der Waals surface area contributed by atoms with Gasteiger partial charge < -0.3 is 10.0 Å². The zero-order chi connectivity index (χ0) is 21.0. The molecular formula is C19H15Cl3N4O2S. The molecule has 0 saturated heterocycles. The molecular weight excluding hydrogens is 455 g/mol. The van der Waals surface area contributed by atoms with Crippen LogP contribution in [0.2, 0.25) is 10.0 Å². The first kappa shape index (κ1) is 21.4. The highest BCUT2D eigenvalue weighted by Crippen LogP contribution is 2.29. The number of hydrogen-bond donors (Lipinski definition) is 2. The molecule has 29 heavy (non-hydrogen) atoms. The molecule has 0 aliphatic carbocycles. The molecule has 10 heteroatoms. The number of aliphatic imine (C=N–C) groups is 1. The highest BCUT2D eigenvalue weighted by molar-refractivity contribution is 7.06. The number of nitrogens with one attached hydrogen (secondary N) is 1. The van der Waals surface area contributed by atoms with E-state index in [2.05, 4.69) is 19.0 Å². The van der Waals surface area contributed by atoms with Gasteiger partial charge in [0, 0.05) is 20.5 Å². The Balaban J connectivity index is 1.77. The topological polar surface area (TPSA) is 89.6 Å². The minimum atomic E-state index is -0.394. The largest absolute Gasteiger partial charge is 0.386 e. The van der Waals surface area contributed by atoms with Crippen molar-refractivity contribution in [2.45, 2.75) is 13.5 Å². The van der Waals surface area contributed by atoms with Crippen LogP contribution in [-0.2, 0) is 6.54 Å². The number of guanidine groups is 1. The molecule has 3 rings (SSSR count). The number of halogens is 3. The first-order valence-electron chi connectivity index (χ1n) is 8.29. The molecule has 2 aromatic carbocycles. The summed E-state index contributed by atoms with van der Waals surface area (Å²) in [6.45, 7) is 2.04. The second kappa shape index (κ2) is 9.45. The Morgan fingerprint density at radius 1 is 1.21 bits per heavy atom. The predicted octanol–water partition coefficient (Wildman–Crippen LogP) is 5.20. The Morgan fingerprint density at radius 3 is 2.48 bits per heavy atom. The summed E-state index contributed by atoms with van der Waals surface area (Å²) in [5, 5.41) is 3.60. The van der Waals surface area contributed by atoms with Gasteiger partial charge in [-0.2, -0.15) is 4.37 Å². The Labute approximate surface area is 186 Å². The van der Waals surface area contributed by atoms with Crippen LogP contribution in [-0.4, -0.2) is 16.2 Å². The Hall–Kier alpha value is -2.32. The summed E-state index contributed by atoms with van der Waals surface area (Å²) >= 11 is 18.5. The number of nitrogens with zero attached hydrogens (tertiary/aromatic N) is 2. The van der Waals surface area contributed by atoms with Gasteiger partial charge in [-0.15, -0.1) is 0 Å². The fraction of sp³-hybridized carbons (Fsp3) is 0.105. The molecule has 0 aliphatic heterocycles. The molecule has 1 amide bonds. The molecule has 6 nitrogen and oxygen atoms in total. The number of benzene rings is 2. The molecule has 1 aromatic heterocycles. The Kier molecular flexibility index (Phi) is 6.97. The summed E-state index contributed by atoms with van der Waals surface area (Å²) in [5.74, 6) is 0.0775. The van der Waals surface area contributed by atoms with Crippen molar-refractivity contribution in [3.8, 4) is 17.0 Å². The molecule has 150 valence electrons. The van der Waals surface area contributed by atoms with Crippen LogP contribution in [0.4, 0.5) is 0 Å². The second-order valence-electron chi connectivity index (χ2n) is 6.00. The minimum absolute atomic E-state index is 0.0199. The van der Waals surface area contributed by atoms with Crippen molar-refractivity contribution in [3.05, 3.63) is 68.5 Å².